The number of para-hydroxylation sites is 1. The van der Waals surface area contributed by atoms with Gasteiger partial charge < -0.3 is 14.6 Å². The molecule has 0 spiro atoms. The van der Waals surface area contributed by atoms with Crippen LogP contribution in [0.5, 0.6) is 5.88 Å². The van der Waals surface area contributed by atoms with Crippen LogP contribution in [0.1, 0.15) is 20.8 Å². The van der Waals surface area contributed by atoms with Gasteiger partial charge in [0.15, 0.2) is 5.58 Å². The SMILES string of the molecule is CC#CC(C)(C)NC(=O)C(Oc1noc2ccccc12)SC. The Hall–Kier alpha value is -2.13. The Morgan fingerprint density at radius 3 is 2.86 bits per heavy atom. The smallest absolute Gasteiger partial charge is 0.272 e. The molecule has 1 aromatic heterocycles. The minimum atomic E-state index is -0.730. The highest BCUT2D eigenvalue weighted by molar-refractivity contribution is 7.99. The van der Waals surface area contributed by atoms with E-state index in [0.29, 0.717) is 11.5 Å². The molecule has 1 atom stereocenters. The second kappa shape index (κ2) is 6.75. The zero-order valence-electron chi connectivity index (χ0n) is 13.0. The van der Waals surface area contributed by atoms with Gasteiger partial charge in [-0.3, -0.25) is 4.79 Å². The lowest BCUT2D eigenvalue weighted by molar-refractivity contribution is -0.125. The van der Waals surface area contributed by atoms with Crippen LogP contribution in [0.2, 0.25) is 0 Å². The summed E-state index contributed by atoms with van der Waals surface area (Å²) in [6, 6.07) is 7.34. The molecule has 1 amide bonds. The van der Waals surface area contributed by atoms with Gasteiger partial charge in [-0.2, -0.15) is 0 Å². The van der Waals surface area contributed by atoms with Crippen LogP contribution in [0.15, 0.2) is 28.8 Å². The van der Waals surface area contributed by atoms with Crippen LogP contribution in [-0.4, -0.2) is 28.3 Å². The summed E-state index contributed by atoms with van der Waals surface area (Å²) in [6.07, 6.45) is 1.80. The van der Waals surface area contributed by atoms with Crippen LogP contribution in [0.4, 0.5) is 0 Å². The summed E-state index contributed by atoms with van der Waals surface area (Å²) in [4.78, 5) is 12.3. The summed E-state index contributed by atoms with van der Waals surface area (Å²) < 4.78 is 10.9. The van der Waals surface area contributed by atoms with Crippen LogP contribution in [0.3, 0.4) is 0 Å². The number of nitrogens with zero attached hydrogens (tertiary/aromatic N) is 1. The molecule has 0 fully saturated rings. The number of thioether (sulfide) groups is 1. The lowest BCUT2D eigenvalue weighted by Gasteiger charge is -2.23. The third-order valence-electron chi connectivity index (χ3n) is 2.86. The number of amides is 1. The van der Waals surface area contributed by atoms with E-state index in [1.165, 1.54) is 11.8 Å². The van der Waals surface area contributed by atoms with Gasteiger partial charge in [0.2, 0.25) is 5.44 Å². The Balaban J connectivity index is 2.15. The highest BCUT2D eigenvalue weighted by Gasteiger charge is 2.26. The summed E-state index contributed by atoms with van der Waals surface area (Å²) in [6.45, 7) is 5.41. The minimum Gasteiger partial charge on any atom is -0.450 e. The van der Waals surface area contributed by atoms with Gasteiger partial charge in [-0.25, -0.2) is 0 Å². The zero-order chi connectivity index (χ0) is 16.2. The Bertz CT molecular complexity index is 728. The first kappa shape index (κ1) is 16.2. The number of hydrogen-bond donors (Lipinski definition) is 1. The number of rotatable bonds is 5. The molecule has 0 saturated carbocycles. The topological polar surface area (TPSA) is 64.4 Å². The van der Waals surface area contributed by atoms with E-state index in [1.807, 2.05) is 32.0 Å². The van der Waals surface area contributed by atoms with E-state index in [9.17, 15) is 4.79 Å². The van der Waals surface area contributed by atoms with E-state index in [0.717, 1.165) is 5.39 Å². The molecular formula is C16H18N2O3S. The molecule has 5 nitrogen and oxygen atoms in total. The second-order valence-electron chi connectivity index (χ2n) is 5.16. The summed E-state index contributed by atoms with van der Waals surface area (Å²) >= 11 is 1.28. The number of carbonyl (C=O) groups excluding carboxylic acids is 1. The highest BCUT2D eigenvalue weighted by Crippen LogP contribution is 2.26. The van der Waals surface area contributed by atoms with Crippen molar-refractivity contribution in [3.63, 3.8) is 0 Å². The van der Waals surface area contributed by atoms with Crippen LogP contribution in [0.25, 0.3) is 11.0 Å². The monoisotopic (exact) mass is 318 g/mol. The van der Waals surface area contributed by atoms with Crippen molar-refractivity contribution in [2.75, 3.05) is 6.26 Å². The molecule has 116 valence electrons. The molecule has 0 bridgehead atoms. The number of fused-ring (bicyclic) bond motifs is 1. The van der Waals surface area contributed by atoms with Gasteiger partial charge in [-0.05, 0) is 44.3 Å². The van der Waals surface area contributed by atoms with Crippen LogP contribution in [-0.2, 0) is 4.79 Å². The predicted octanol–water partition coefficient (Wildman–Crippen LogP) is 2.81. The van der Waals surface area contributed by atoms with E-state index in [1.54, 1.807) is 19.2 Å². The van der Waals surface area contributed by atoms with E-state index in [4.69, 9.17) is 9.26 Å². The average Bonchev–Trinajstić information content (AvgIpc) is 2.87. The third kappa shape index (κ3) is 3.74. The van der Waals surface area contributed by atoms with Gasteiger partial charge in [0, 0.05) is 0 Å². The van der Waals surface area contributed by atoms with Crippen molar-refractivity contribution in [1.29, 1.82) is 0 Å². The standard InChI is InChI=1S/C16H18N2O3S/c1-5-10-16(2,3)17-13(19)15(22-4)20-14-11-8-6-7-9-12(11)21-18-14/h6-9,15H,1-4H3,(H,17,19). The number of aromatic nitrogens is 1. The lowest BCUT2D eigenvalue weighted by atomic mass is 10.1. The van der Waals surface area contributed by atoms with Gasteiger partial charge in [-0.1, -0.05) is 18.1 Å². The summed E-state index contributed by atoms with van der Waals surface area (Å²) in [7, 11) is 0. The Kier molecular flexibility index (Phi) is 4.99. The number of ether oxygens (including phenoxy) is 1. The highest BCUT2D eigenvalue weighted by atomic mass is 32.2. The molecule has 2 rings (SSSR count). The van der Waals surface area contributed by atoms with Crippen molar-refractivity contribution >= 4 is 28.6 Å². The molecule has 22 heavy (non-hydrogen) atoms. The minimum absolute atomic E-state index is 0.257. The maximum absolute atomic E-state index is 12.3. The quantitative estimate of drug-likeness (QED) is 0.678. The van der Waals surface area contributed by atoms with Crippen LogP contribution in [0, 0.1) is 11.8 Å². The number of benzene rings is 1. The van der Waals surface area contributed by atoms with Gasteiger partial charge in [0.25, 0.3) is 11.8 Å². The van der Waals surface area contributed by atoms with Gasteiger partial charge >= 0.3 is 0 Å². The van der Waals surface area contributed by atoms with Crippen molar-refractivity contribution in [3.8, 4) is 17.7 Å². The summed E-state index contributed by atoms with van der Waals surface area (Å²) in [5.41, 5.74) is -0.726. The summed E-state index contributed by atoms with van der Waals surface area (Å²) in [5.74, 6) is 5.79. The lowest BCUT2D eigenvalue weighted by Crippen LogP contribution is -2.47. The molecule has 6 heteroatoms. The van der Waals surface area contributed by atoms with Crippen molar-refractivity contribution in [2.24, 2.45) is 0 Å². The molecule has 1 aromatic carbocycles. The predicted molar refractivity (Wildman–Crippen MR) is 87.6 cm³/mol. The number of carbonyl (C=O) groups is 1. The van der Waals surface area contributed by atoms with Crippen molar-refractivity contribution in [2.45, 2.75) is 31.7 Å². The summed E-state index contributed by atoms with van der Waals surface area (Å²) in [5, 5.41) is 7.47. The molecule has 1 heterocycles. The molecule has 0 aliphatic heterocycles. The molecular weight excluding hydrogens is 300 g/mol. The first-order valence-corrected chi connectivity index (χ1v) is 8.05. The number of nitrogens with one attached hydrogen (secondary N) is 1. The average molecular weight is 318 g/mol. The Morgan fingerprint density at radius 2 is 2.18 bits per heavy atom. The molecule has 2 aromatic rings. The fourth-order valence-corrected chi connectivity index (χ4v) is 2.43. The normalized spacial score (nSPS) is 12.4. The Morgan fingerprint density at radius 1 is 1.45 bits per heavy atom. The molecule has 1 unspecified atom stereocenters. The van der Waals surface area contributed by atoms with E-state index in [2.05, 4.69) is 22.3 Å². The largest absolute Gasteiger partial charge is 0.450 e. The van der Waals surface area contributed by atoms with Crippen molar-refractivity contribution in [1.82, 2.24) is 10.5 Å². The van der Waals surface area contributed by atoms with Crippen molar-refractivity contribution in [3.05, 3.63) is 24.3 Å². The van der Waals surface area contributed by atoms with Crippen LogP contribution < -0.4 is 10.1 Å². The molecule has 0 aliphatic rings. The van der Waals surface area contributed by atoms with Crippen LogP contribution >= 0.6 is 11.8 Å². The molecule has 0 aliphatic carbocycles. The molecule has 1 N–H and O–H groups in total. The van der Waals surface area contributed by atoms with E-state index >= 15 is 0 Å². The second-order valence-corrected chi connectivity index (χ2v) is 6.06. The fourth-order valence-electron chi connectivity index (χ4n) is 1.97. The van der Waals surface area contributed by atoms with Gasteiger partial charge in [-0.15, -0.1) is 17.7 Å². The number of hydrogen-bond acceptors (Lipinski definition) is 5. The molecule has 0 saturated heterocycles. The Labute approximate surface area is 133 Å². The zero-order valence-corrected chi connectivity index (χ0v) is 13.8. The van der Waals surface area contributed by atoms with Crippen molar-refractivity contribution < 1.29 is 14.1 Å². The first-order valence-electron chi connectivity index (χ1n) is 6.76. The maximum Gasteiger partial charge on any atom is 0.272 e. The fraction of sp³-hybridized carbons (Fsp3) is 0.375. The molecule has 0 radical (unpaired) electrons. The van der Waals surface area contributed by atoms with Gasteiger partial charge in [0.05, 0.1) is 10.9 Å². The van der Waals surface area contributed by atoms with E-state index < -0.39 is 11.0 Å². The van der Waals surface area contributed by atoms with Gasteiger partial charge in [0.1, 0.15) is 0 Å². The first-order chi connectivity index (χ1) is 10.5. The maximum atomic E-state index is 12.3. The van der Waals surface area contributed by atoms with E-state index in [-0.39, 0.29) is 5.91 Å². The third-order valence-corrected chi connectivity index (χ3v) is 3.60.